The number of unbranched alkanes of at least 4 members (excludes halogenated alkanes) is 3. The Hall–Kier alpha value is -1.52. The fourth-order valence-corrected chi connectivity index (χ4v) is 4.69. The van der Waals surface area contributed by atoms with Gasteiger partial charge in [0.15, 0.2) is 0 Å². The largest absolute Gasteiger partial charge is 0.328 e. The number of aromatic nitrogens is 1. The first-order valence-electron chi connectivity index (χ1n) is 9.92. The third kappa shape index (κ3) is 4.80. The van der Waals surface area contributed by atoms with Gasteiger partial charge in [0.1, 0.15) is 5.82 Å². The lowest BCUT2D eigenvalue weighted by atomic mass is 10.2. The zero-order chi connectivity index (χ0) is 18.4. The van der Waals surface area contributed by atoms with Crippen molar-refractivity contribution < 1.29 is 4.48 Å². The standard InChI is InChI=1S/C22H32N3S/c1-4-5-6-9-17-25(2,3)18-11-16-24-19-12-7-8-13-20(19)26-21-14-10-15-23-22(21)24/h7-8,10,12-15H,4-6,9,11,16-18H2,1-3H3/q+1. The van der Waals surface area contributed by atoms with Crippen molar-refractivity contribution in [2.75, 3.05) is 38.6 Å². The average molecular weight is 371 g/mol. The number of pyridine rings is 1. The van der Waals surface area contributed by atoms with Crippen LogP contribution in [0.3, 0.4) is 0 Å². The molecule has 0 aliphatic carbocycles. The number of hydrogen-bond donors (Lipinski definition) is 0. The first-order valence-corrected chi connectivity index (χ1v) is 10.7. The predicted octanol–water partition coefficient (Wildman–Crippen LogP) is 5.73. The highest BCUT2D eigenvalue weighted by Crippen LogP contribution is 2.46. The summed E-state index contributed by atoms with van der Waals surface area (Å²) >= 11 is 1.83. The van der Waals surface area contributed by atoms with Crippen molar-refractivity contribution in [2.45, 2.75) is 48.8 Å². The van der Waals surface area contributed by atoms with Gasteiger partial charge in [-0.15, -0.1) is 0 Å². The molecule has 0 N–H and O–H groups in total. The van der Waals surface area contributed by atoms with Crippen LogP contribution in [0.25, 0.3) is 0 Å². The highest BCUT2D eigenvalue weighted by atomic mass is 32.2. The third-order valence-corrected chi connectivity index (χ3v) is 6.25. The van der Waals surface area contributed by atoms with Gasteiger partial charge in [-0.1, -0.05) is 43.7 Å². The van der Waals surface area contributed by atoms with Gasteiger partial charge < -0.3 is 9.38 Å². The molecule has 0 radical (unpaired) electrons. The Balaban J connectivity index is 1.63. The Bertz CT molecular complexity index is 669. The fraction of sp³-hybridized carbons (Fsp3) is 0.500. The molecule has 0 amide bonds. The molecule has 0 atom stereocenters. The molecule has 1 aliphatic heterocycles. The number of nitrogens with zero attached hydrogens (tertiary/aromatic N) is 3. The van der Waals surface area contributed by atoms with E-state index >= 15 is 0 Å². The fourth-order valence-electron chi connectivity index (χ4n) is 3.63. The van der Waals surface area contributed by atoms with Crippen LogP contribution in [0.2, 0.25) is 0 Å². The molecular formula is C22H32N3S+. The summed E-state index contributed by atoms with van der Waals surface area (Å²) in [4.78, 5) is 9.70. The van der Waals surface area contributed by atoms with E-state index in [2.05, 4.69) is 61.2 Å². The molecule has 1 aliphatic rings. The number of hydrogen-bond acceptors (Lipinski definition) is 3. The van der Waals surface area contributed by atoms with Crippen LogP contribution in [-0.2, 0) is 0 Å². The first-order chi connectivity index (χ1) is 12.6. The molecule has 2 heterocycles. The van der Waals surface area contributed by atoms with Gasteiger partial charge in [-0.2, -0.15) is 0 Å². The molecule has 1 aromatic carbocycles. The number of rotatable bonds is 9. The first kappa shape index (κ1) is 19.2. The summed E-state index contributed by atoms with van der Waals surface area (Å²) in [5.74, 6) is 1.12. The van der Waals surface area contributed by atoms with Crippen LogP contribution in [0, 0.1) is 0 Å². The van der Waals surface area contributed by atoms with Crippen LogP contribution in [0.15, 0.2) is 52.4 Å². The number of anilines is 2. The van der Waals surface area contributed by atoms with Crippen molar-refractivity contribution in [3.63, 3.8) is 0 Å². The number of para-hydroxylation sites is 1. The maximum atomic E-state index is 4.68. The quantitative estimate of drug-likeness (QED) is 0.414. The van der Waals surface area contributed by atoms with E-state index < -0.39 is 0 Å². The predicted molar refractivity (Wildman–Crippen MR) is 112 cm³/mol. The summed E-state index contributed by atoms with van der Waals surface area (Å²) in [6.45, 7) is 5.79. The second kappa shape index (κ2) is 8.92. The van der Waals surface area contributed by atoms with Gasteiger partial charge in [0.2, 0.25) is 0 Å². The van der Waals surface area contributed by atoms with Gasteiger partial charge in [-0.25, -0.2) is 4.98 Å². The van der Waals surface area contributed by atoms with Crippen LogP contribution in [0.4, 0.5) is 11.5 Å². The molecule has 0 saturated carbocycles. The third-order valence-electron chi connectivity index (χ3n) is 5.14. The molecule has 0 saturated heterocycles. The van der Waals surface area contributed by atoms with E-state index in [1.165, 1.54) is 60.7 Å². The lowest BCUT2D eigenvalue weighted by Gasteiger charge is -2.34. The van der Waals surface area contributed by atoms with E-state index in [0.717, 1.165) is 16.8 Å². The molecule has 4 heteroatoms. The molecule has 26 heavy (non-hydrogen) atoms. The van der Waals surface area contributed by atoms with Crippen molar-refractivity contribution in [1.82, 2.24) is 4.98 Å². The van der Waals surface area contributed by atoms with Crippen molar-refractivity contribution in [3.8, 4) is 0 Å². The minimum atomic E-state index is 1.03. The van der Waals surface area contributed by atoms with Gasteiger partial charge in [-0.05, 0) is 37.1 Å². The normalized spacial score (nSPS) is 13.4. The molecule has 2 aromatic rings. The molecule has 0 bridgehead atoms. The Kier molecular flexibility index (Phi) is 6.60. The Morgan fingerprint density at radius 2 is 1.69 bits per heavy atom. The number of fused-ring (bicyclic) bond motifs is 2. The van der Waals surface area contributed by atoms with Gasteiger partial charge in [0, 0.05) is 24.1 Å². The van der Waals surface area contributed by atoms with Crippen molar-refractivity contribution in [1.29, 1.82) is 0 Å². The van der Waals surface area contributed by atoms with Crippen molar-refractivity contribution >= 4 is 23.3 Å². The van der Waals surface area contributed by atoms with E-state index in [-0.39, 0.29) is 0 Å². The highest BCUT2D eigenvalue weighted by Gasteiger charge is 2.24. The van der Waals surface area contributed by atoms with E-state index in [4.69, 9.17) is 0 Å². The van der Waals surface area contributed by atoms with Gasteiger partial charge >= 0.3 is 0 Å². The Morgan fingerprint density at radius 3 is 2.54 bits per heavy atom. The monoisotopic (exact) mass is 370 g/mol. The second-order valence-corrected chi connectivity index (χ2v) is 8.93. The van der Waals surface area contributed by atoms with Crippen LogP contribution < -0.4 is 4.90 Å². The Morgan fingerprint density at radius 1 is 0.923 bits per heavy atom. The van der Waals surface area contributed by atoms with E-state index in [1.807, 2.05) is 24.0 Å². The second-order valence-electron chi connectivity index (χ2n) is 7.84. The van der Waals surface area contributed by atoms with E-state index in [9.17, 15) is 0 Å². The molecule has 0 fully saturated rings. The summed E-state index contributed by atoms with van der Waals surface area (Å²) < 4.78 is 1.11. The van der Waals surface area contributed by atoms with Crippen molar-refractivity contribution in [3.05, 3.63) is 42.6 Å². The van der Waals surface area contributed by atoms with Gasteiger partial charge in [-0.3, -0.25) is 0 Å². The molecule has 1 aromatic heterocycles. The summed E-state index contributed by atoms with van der Waals surface area (Å²) in [5, 5.41) is 0. The topological polar surface area (TPSA) is 16.1 Å². The summed E-state index contributed by atoms with van der Waals surface area (Å²) in [5.41, 5.74) is 1.30. The lowest BCUT2D eigenvalue weighted by Crippen LogP contribution is -2.42. The minimum absolute atomic E-state index is 1.03. The molecule has 3 rings (SSSR count). The van der Waals surface area contributed by atoms with Crippen molar-refractivity contribution in [2.24, 2.45) is 0 Å². The molecule has 140 valence electrons. The van der Waals surface area contributed by atoms with Crippen LogP contribution in [-0.4, -0.2) is 43.2 Å². The van der Waals surface area contributed by atoms with Crippen LogP contribution in [0.1, 0.15) is 39.0 Å². The Labute approximate surface area is 163 Å². The zero-order valence-corrected chi connectivity index (χ0v) is 17.3. The lowest BCUT2D eigenvalue weighted by molar-refractivity contribution is -0.890. The molecule has 0 spiro atoms. The summed E-state index contributed by atoms with van der Waals surface area (Å²) in [6.07, 6.45) is 8.47. The minimum Gasteiger partial charge on any atom is -0.328 e. The number of quaternary nitrogens is 1. The maximum Gasteiger partial charge on any atom is 0.147 e. The van der Waals surface area contributed by atoms with Crippen LogP contribution >= 0.6 is 11.8 Å². The average Bonchev–Trinajstić information content (AvgIpc) is 2.64. The van der Waals surface area contributed by atoms with E-state index in [0.29, 0.717) is 0 Å². The highest BCUT2D eigenvalue weighted by molar-refractivity contribution is 7.99. The van der Waals surface area contributed by atoms with Gasteiger partial charge in [0.25, 0.3) is 0 Å². The maximum absolute atomic E-state index is 4.68. The SMILES string of the molecule is CCCCCC[N+](C)(C)CCCN1c2ccccc2Sc2cccnc21. The van der Waals surface area contributed by atoms with E-state index in [1.54, 1.807) is 0 Å². The molecule has 3 nitrogen and oxygen atoms in total. The summed E-state index contributed by atoms with van der Waals surface area (Å²) in [7, 11) is 4.75. The van der Waals surface area contributed by atoms with Gasteiger partial charge in [0.05, 0.1) is 37.8 Å². The smallest absolute Gasteiger partial charge is 0.147 e. The zero-order valence-electron chi connectivity index (χ0n) is 16.4. The van der Waals surface area contributed by atoms with Crippen LogP contribution in [0.5, 0.6) is 0 Å². The number of benzene rings is 1. The summed E-state index contributed by atoms with van der Waals surface area (Å²) in [6, 6.07) is 12.9. The molecule has 0 unspecified atom stereocenters. The molecular weight excluding hydrogens is 338 g/mol.